The van der Waals surface area contributed by atoms with Gasteiger partial charge < -0.3 is 9.84 Å². The van der Waals surface area contributed by atoms with Crippen LogP contribution in [0.5, 0.6) is 0 Å². The Labute approximate surface area is 95.8 Å². The Morgan fingerprint density at radius 1 is 1.59 bits per heavy atom. The summed E-state index contributed by atoms with van der Waals surface area (Å²) < 4.78 is 7.13. The van der Waals surface area contributed by atoms with Crippen LogP contribution in [0.2, 0.25) is 0 Å². The van der Waals surface area contributed by atoms with Crippen LogP contribution in [0.3, 0.4) is 0 Å². The second kappa shape index (κ2) is 4.24. The largest absolute Gasteiger partial charge is 0.360 e. The summed E-state index contributed by atoms with van der Waals surface area (Å²) in [5.41, 5.74) is -0.350. The zero-order valence-electron chi connectivity index (χ0n) is 9.38. The van der Waals surface area contributed by atoms with Crippen LogP contribution in [0.25, 0.3) is 0 Å². The molecule has 17 heavy (non-hydrogen) atoms. The third kappa shape index (κ3) is 2.41. The van der Waals surface area contributed by atoms with Crippen LogP contribution in [0.15, 0.2) is 21.7 Å². The molecule has 0 fully saturated rings. The molecule has 0 bridgehead atoms. The fourth-order valence-electron chi connectivity index (χ4n) is 1.27. The molecule has 1 N–H and O–H groups in total. The topological polar surface area (TPSA) is 95.0 Å². The summed E-state index contributed by atoms with van der Waals surface area (Å²) in [4.78, 5) is 23.0. The highest BCUT2D eigenvalue weighted by molar-refractivity contribution is 5.89. The Bertz CT molecular complexity index is 594. The number of anilines is 1. The van der Waals surface area contributed by atoms with Crippen molar-refractivity contribution in [3.05, 3.63) is 28.6 Å². The van der Waals surface area contributed by atoms with E-state index < -0.39 is 0 Å². The predicted molar refractivity (Wildman–Crippen MR) is 57.3 cm³/mol. The second-order valence-electron chi connectivity index (χ2n) is 3.55. The zero-order valence-corrected chi connectivity index (χ0v) is 9.38. The number of hydrogen-bond acceptors (Lipinski definition) is 5. The first kappa shape index (κ1) is 11.1. The van der Waals surface area contributed by atoms with Crippen LogP contribution >= 0.6 is 0 Å². The minimum Gasteiger partial charge on any atom is -0.360 e. The minimum absolute atomic E-state index is 0.161. The van der Waals surface area contributed by atoms with E-state index in [0.717, 1.165) is 4.68 Å². The first-order chi connectivity index (χ1) is 8.06. The highest BCUT2D eigenvalue weighted by atomic mass is 16.5. The molecule has 0 aliphatic rings. The van der Waals surface area contributed by atoms with Gasteiger partial charge in [0.15, 0.2) is 5.82 Å². The molecule has 0 aliphatic heterocycles. The number of aromatic nitrogens is 4. The third-order valence-corrected chi connectivity index (χ3v) is 2.08. The average Bonchev–Trinajstić information content (AvgIpc) is 2.79. The van der Waals surface area contributed by atoms with E-state index in [0.29, 0.717) is 11.6 Å². The van der Waals surface area contributed by atoms with Gasteiger partial charge in [0.05, 0.1) is 0 Å². The number of nitrogens with one attached hydrogen (secondary N) is 1. The molecule has 0 saturated heterocycles. The molecule has 0 atom stereocenters. The van der Waals surface area contributed by atoms with E-state index in [-0.39, 0.29) is 18.1 Å². The molecule has 0 spiro atoms. The van der Waals surface area contributed by atoms with E-state index in [2.05, 4.69) is 15.6 Å². The van der Waals surface area contributed by atoms with E-state index in [4.69, 9.17) is 4.52 Å². The van der Waals surface area contributed by atoms with Crippen LogP contribution in [0.4, 0.5) is 5.82 Å². The minimum atomic E-state index is -0.390. The summed E-state index contributed by atoms with van der Waals surface area (Å²) in [6.45, 7) is 1.55. The number of rotatable bonds is 3. The molecular weight excluding hydrogens is 226 g/mol. The molecule has 2 rings (SSSR count). The number of amides is 1. The van der Waals surface area contributed by atoms with Crippen molar-refractivity contribution in [3.8, 4) is 0 Å². The van der Waals surface area contributed by atoms with Crippen molar-refractivity contribution in [1.29, 1.82) is 0 Å². The molecule has 0 aromatic carbocycles. The van der Waals surface area contributed by atoms with Crippen LogP contribution in [-0.4, -0.2) is 25.4 Å². The number of carbonyl (C=O) groups is 1. The molecule has 0 radical (unpaired) electrons. The van der Waals surface area contributed by atoms with E-state index in [1.807, 2.05) is 0 Å². The third-order valence-electron chi connectivity index (χ3n) is 2.08. The summed E-state index contributed by atoms with van der Waals surface area (Å²) in [5, 5.41) is 9.86. The van der Waals surface area contributed by atoms with Gasteiger partial charge in [-0.1, -0.05) is 5.16 Å². The molecule has 8 heteroatoms. The average molecular weight is 237 g/mol. The van der Waals surface area contributed by atoms with E-state index in [9.17, 15) is 9.59 Å². The fourth-order valence-corrected chi connectivity index (χ4v) is 1.27. The van der Waals surface area contributed by atoms with Crippen LogP contribution in [0.1, 0.15) is 5.76 Å². The summed E-state index contributed by atoms with van der Waals surface area (Å²) in [5.74, 6) is 0.519. The zero-order chi connectivity index (χ0) is 12.4. The van der Waals surface area contributed by atoms with Crippen molar-refractivity contribution in [2.24, 2.45) is 7.05 Å². The number of nitrogens with zero attached hydrogens (tertiary/aromatic N) is 4. The molecule has 0 unspecified atom stereocenters. The maximum atomic E-state index is 11.6. The van der Waals surface area contributed by atoms with Gasteiger partial charge in [0.25, 0.3) is 0 Å². The standard InChI is InChI=1S/C9H11N5O3/c1-6-3-7(12-17-6)11-8(15)4-14-9(16)13(2)5-10-14/h3,5H,4H2,1-2H3,(H,11,12,15). The second-order valence-corrected chi connectivity index (χ2v) is 3.55. The highest BCUT2D eigenvalue weighted by Gasteiger charge is 2.09. The SMILES string of the molecule is Cc1cc(NC(=O)Cn2ncn(C)c2=O)no1. The lowest BCUT2D eigenvalue weighted by Gasteiger charge is -1.99. The van der Waals surface area contributed by atoms with Gasteiger partial charge in [0.2, 0.25) is 5.91 Å². The van der Waals surface area contributed by atoms with Gasteiger partial charge >= 0.3 is 5.69 Å². The fraction of sp³-hybridized carbons (Fsp3) is 0.333. The molecule has 0 saturated carbocycles. The van der Waals surface area contributed by atoms with E-state index in [1.165, 1.54) is 10.9 Å². The van der Waals surface area contributed by atoms with Gasteiger partial charge in [-0.2, -0.15) is 5.10 Å². The normalized spacial score (nSPS) is 10.5. The maximum Gasteiger partial charge on any atom is 0.345 e. The van der Waals surface area contributed by atoms with Gasteiger partial charge in [-0.05, 0) is 6.92 Å². The summed E-state index contributed by atoms with van der Waals surface area (Å²) in [6.07, 6.45) is 1.34. The van der Waals surface area contributed by atoms with Gasteiger partial charge in [0.1, 0.15) is 18.6 Å². The molecule has 2 heterocycles. The van der Waals surface area contributed by atoms with Gasteiger partial charge in [0, 0.05) is 13.1 Å². The number of carbonyl (C=O) groups excluding carboxylic acids is 1. The molecule has 2 aromatic heterocycles. The Morgan fingerprint density at radius 3 is 2.88 bits per heavy atom. The van der Waals surface area contributed by atoms with E-state index in [1.54, 1.807) is 20.0 Å². The molecule has 0 aliphatic carbocycles. The maximum absolute atomic E-state index is 11.6. The first-order valence-corrected chi connectivity index (χ1v) is 4.88. The number of aryl methyl sites for hydroxylation is 2. The lowest BCUT2D eigenvalue weighted by molar-refractivity contribution is -0.117. The van der Waals surface area contributed by atoms with Crippen molar-refractivity contribution in [2.75, 3.05) is 5.32 Å². The van der Waals surface area contributed by atoms with Crippen LogP contribution in [0, 0.1) is 6.92 Å². The Morgan fingerprint density at radius 2 is 2.35 bits per heavy atom. The molecule has 1 amide bonds. The van der Waals surface area contributed by atoms with Gasteiger partial charge in [-0.15, -0.1) is 0 Å². The summed E-state index contributed by atoms with van der Waals surface area (Å²) in [6, 6.07) is 1.58. The molecular formula is C9H11N5O3. The molecule has 90 valence electrons. The van der Waals surface area contributed by atoms with Gasteiger partial charge in [-0.25, -0.2) is 9.48 Å². The van der Waals surface area contributed by atoms with Crippen molar-refractivity contribution in [3.63, 3.8) is 0 Å². The van der Waals surface area contributed by atoms with E-state index >= 15 is 0 Å². The quantitative estimate of drug-likeness (QED) is 0.777. The van der Waals surface area contributed by atoms with Crippen LogP contribution < -0.4 is 11.0 Å². The van der Waals surface area contributed by atoms with Crippen molar-refractivity contribution >= 4 is 11.7 Å². The smallest absolute Gasteiger partial charge is 0.345 e. The summed E-state index contributed by atoms with van der Waals surface area (Å²) >= 11 is 0. The van der Waals surface area contributed by atoms with Crippen LogP contribution in [-0.2, 0) is 18.4 Å². The molecule has 2 aromatic rings. The van der Waals surface area contributed by atoms with Gasteiger partial charge in [-0.3, -0.25) is 9.36 Å². The monoisotopic (exact) mass is 237 g/mol. The molecule has 8 nitrogen and oxygen atoms in total. The van der Waals surface area contributed by atoms with Crippen molar-refractivity contribution in [2.45, 2.75) is 13.5 Å². The Hall–Kier alpha value is -2.38. The Balaban J connectivity index is 2.03. The predicted octanol–water partition coefficient (Wildman–Crippen LogP) is -0.483. The van der Waals surface area contributed by atoms with Crippen molar-refractivity contribution < 1.29 is 9.32 Å². The Kier molecular flexibility index (Phi) is 2.77. The first-order valence-electron chi connectivity index (χ1n) is 4.88. The highest BCUT2D eigenvalue weighted by Crippen LogP contribution is 2.06. The lowest BCUT2D eigenvalue weighted by Crippen LogP contribution is -2.29. The number of hydrogen-bond donors (Lipinski definition) is 1. The lowest BCUT2D eigenvalue weighted by atomic mass is 10.5. The summed E-state index contributed by atoms with van der Waals surface area (Å²) in [7, 11) is 1.56. The van der Waals surface area contributed by atoms with Crippen molar-refractivity contribution in [1.82, 2.24) is 19.5 Å².